The van der Waals surface area contributed by atoms with Crippen LogP contribution in [0.5, 0.6) is 0 Å². The zero-order valence-corrected chi connectivity index (χ0v) is 15.5. The summed E-state index contributed by atoms with van der Waals surface area (Å²) in [5, 5.41) is 9.09. The largest absolute Gasteiger partial charge is 0.349 e. The Balaban J connectivity index is 1.32. The van der Waals surface area contributed by atoms with Crippen LogP contribution >= 0.6 is 0 Å². The fourth-order valence-electron chi connectivity index (χ4n) is 3.74. The van der Waals surface area contributed by atoms with Gasteiger partial charge in [0, 0.05) is 19.0 Å². The summed E-state index contributed by atoms with van der Waals surface area (Å²) in [6.45, 7) is 0.533. The summed E-state index contributed by atoms with van der Waals surface area (Å²) in [7, 11) is 0. The number of carbonyl (C=O) groups excluding carboxylic acids is 2. The lowest BCUT2D eigenvalue weighted by molar-refractivity contribution is -0.122. The first-order valence-electron chi connectivity index (χ1n) is 10.1. The van der Waals surface area contributed by atoms with Crippen LogP contribution in [0.1, 0.15) is 69.4 Å². The minimum Gasteiger partial charge on any atom is -0.349 e. The van der Waals surface area contributed by atoms with Gasteiger partial charge in [0.1, 0.15) is 0 Å². The smallest absolute Gasteiger partial charge is 0.315 e. The second kappa shape index (κ2) is 9.60. The average Bonchev–Trinajstić information content (AvgIpc) is 3.50. The zero-order valence-electron chi connectivity index (χ0n) is 15.5. The first-order chi connectivity index (χ1) is 12.7. The van der Waals surface area contributed by atoms with E-state index in [2.05, 4.69) is 28.1 Å². The molecule has 26 heavy (non-hydrogen) atoms. The molecule has 0 spiro atoms. The van der Waals surface area contributed by atoms with Gasteiger partial charge in [0.2, 0.25) is 5.91 Å². The number of benzene rings is 1. The van der Waals surface area contributed by atoms with Crippen molar-refractivity contribution < 1.29 is 9.59 Å². The molecular formula is C21H31N3O2. The molecule has 0 aromatic heterocycles. The molecule has 1 atom stereocenters. The molecule has 2 fully saturated rings. The summed E-state index contributed by atoms with van der Waals surface area (Å²) in [4.78, 5) is 24.2. The normalized spacial score (nSPS) is 18.8. The predicted molar refractivity (Wildman–Crippen MR) is 103 cm³/mol. The number of hydrogen-bond acceptors (Lipinski definition) is 2. The van der Waals surface area contributed by atoms with E-state index in [9.17, 15) is 9.59 Å². The van der Waals surface area contributed by atoms with E-state index in [0.717, 1.165) is 12.8 Å². The number of hydrogen-bond donors (Lipinski definition) is 3. The van der Waals surface area contributed by atoms with Gasteiger partial charge in [-0.1, -0.05) is 49.6 Å². The van der Waals surface area contributed by atoms with E-state index in [0.29, 0.717) is 31.3 Å². The lowest BCUT2D eigenvalue weighted by atomic mass is 9.96. The molecule has 2 aliphatic rings. The van der Waals surface area contributed by atoms with E-state index in [1.807, 2.05) is 18.2 Å². The average molecular weight is 357 g/mol. The highest BCUT2D eigenvalue weighted by atomic mass is 16.2. The van der Waals surface area contributed by atoms with E-state index in [1.54, 1.807) is 0 Å². The third kappa shape index (κ3) is 6.04. The van der Waals surface area contributed by atoms with Crippen LogP contribution < -0.4 is 16.0 Å². The minimum absolute atomic E-state index is 0.0697. The number of rotatable bonds is 8. The molecule has 1 unspecified atom stereocenters. The number of urea groups is 1. The summed E-state index contributed by atoms with van der Waals surface area (Å²) in [6, 6.07) is 10.6. The maximum absolute atomic E-state index is 12.3. The molecular weight excluding hydrogens is 326 g/mol. The molecule has 2 aliphatic carbocycles. The van der Waals surface area contributed by atoms with Gasteiger partial charge in [-0.15, -0.1) is 0 Å². The Labute approximate surface area is 156 Å². The van der Waals surface area contributed by atoms with E-state index < -0.39 is 0 Å². The van der Waals surface area contributed by atoms with Crippen molar-refractivity contribution in [2.24, 2.45) is 5.92 Å². The summed E-state index contributed by atoms with van der Waals surface area (Å²) in [6.07, 6.45) is 9.32. The standard InChI is InChI=1S/C21H31N3O2/c25-19(24-20(17-13-14-17)16-8-3-1-4-9-16)12-7-15-22-21(26)23-18-10-5-2-6-11-18/h1,3-4,8-9,17-18,20H,2,5-7,10-15H2,(H,24,25)(H2,22,23,26). The quantitative estimate of drug-likeness (QED) is 0.621. The molecule has 142 valence electrons. The summed E-state index contributed by atoms with van der Waals surface area (Å²) in [5.74, 6) is 0.640. The second-order valence-corrected chi connectivity index (χ2v) is 7.63. The molecule has 5 heteroatoms. The number of nitrogens with one attached hydrogen (secondary N) is 3. The SMILES string of the molecule is O=C(CCCNC(=O)NC1CCCCC1)NC(c1ccccc1)C1CC1. The Hall–Kier alpha value is -2.04. The fraction of sp³-hybridized carbons (Fsp3) is 0.619. The zero-order chi connectivity index (χ0) is 18.2. The van der Waals surface area contributed by atoms with Gasteiger partial charge in [-0.3, -0.25) is 4.79 Å². The van der Waals surface area contributed by atoms with Gasteiger partial charge in [0.15, 0.2) is 0 Å². The van der Waals surface area contributed by atoms with Crippen LogP contribution in [0.25, 0.3) is 0 Å². The highest BCUT2D eigenvalue weighted by Gasteiger charge is 2.33. The van der Waals surface area contributed by atoms with Crippen molar-refractivity contribution in [3.05, 3.63) is 35.9 Å². The van der Waals surface area contributed by atoms with Gasteiger partial charge in [0.25, 0.3) is 0 Å². The van der Waals surface area contributed by atoms with Gasteiger partial charge in [-0.25, -0.2) is 4.79 Å². The molecule has 3 N–H and O–H groups in total. The third-order valence-corrected chi connectivity index (χ3v) is 5.38. The molecule has 0 aliphatic heterocycles. The maximum atomic E-state index is 12.3. The summed E-state index contributed by atoms with van der Waals surface area (Å²) < 4.78 is 0. The van der Waals surface area contributed by atoms with Gasteiger partial charge < -0.3 is 16.0 Å². The molecule has 5 nitrogen and oxygen atoms in total. The molecule has 1 aromatic rings. The molecule has 0 saturated heterocycles. The summed E-state index contributed by atoms with van der Waals surface area (Å²) in [5.41, 5.74) is 1.19. The van der Waals surface area contributed by atoms with Gasteiger partial charge in [-0.05, 0) is 43.6 Å². The fourth-order valence-corrected chi connectivity index (χ4v) is 3.74. The van der Waals surface area contributed by atoms with E-state index in [1.165, 1.54) is 37.7 Å². The monoisotopic (exact) mass is 357 g/mol. The highest BCUT2D eigenvalue weighted by Crippen LogP contribution is 2.40. The summed E-state index contributed by atoms with van der Waals surface area (Å²) >= 11 is 0. The van der Waals surface area contributed by atoms with Crippen molar-refractivity contribution in [1.29, 1.82) is 0 Å². The van der Waals surface area contributed by atoms with Crippen LogP contribution in [0.3, 0.4) is 0 Å². The van der Waals surface area contributed by atoms with Crippen molar-refractivity contribution in [2.75, 3.05) is 6.54 Å². The van der Waals surface area contributed by atoms with Crippen LogP contribution in [-0.2, 0) is 4.79 Å². The van der Waals surface area contributed by atoms with Crippen molar-refractivity contribution in [3.8, 4) is 0 Å². The van der Waals surface area contributed by atoms with Crippen LogP contribution in [0.15, 0.2) is 30.3 Å². The van der Waals surface area contributed by atoms with E-state index in [-0.39, 0.29) is 18.0 Å². The lowest BCUT2D eigenvalue weighted by Gasteiger charge is -2.22. The van der Waals surface area contributed by atoms with Gasteiger partial charge in [0.05, 0.1) is 6.04 Å². The Morgan fingerprint density at radius 1 is 1.00 bits per heavy atom. The van der Waals surface area contributed by atoms with Crippen LogP contribution in [0.4, 0.5) is 4.79 Å². The van der Waals surface area contributed by atoms with Crippen molar-refractivity contribution in [3.63, 3.8) is 0 Å². The Morgan fingerprint density at radius 2 is 1.73 bits per heavy atom. The first kappa shape index (κ1) is 18.7. The van der Waals surface area contributed by atoms with Crippen LogP contribution in [0.2, 0.25) is 0 Å². The highest BCUT2D eigenvalue weighted by molar-refractivity contribution is 5.77. The van der Waals surface area contributed by atoms with Gasteiger partial charge >= 0.3 is 6.03 Å². The number of carbonyl (C=O) groups is 2. The van der Waals surface area contributed by atoms with Crippen molar-refractivity contribution >= 4 is 11.9 Å². The second-order valence-electron chi connectivity index (χ2n) is 7.63. The first-order valence-corrected chi connectivity index (χ1v) is 10.1. The van der Waals surface area contributed by atoms with Crippen molar-refractivity contribution in [2.45, 2.75) is 69.9 Å². The molecule has 0 heterocycles. The predicted octanol–water partition coefficient (Wildman–Crippen LogP) is 3.67. The molecule has 0 radical (unpaired) electrons. The maximum Gasteiger partial charge on any atom is 0.315 e. The molecule has 1 aromatic carbocycles. The molecule has 0 bridgehead atoms. The minimum atomic E-state index is -0.0996. The van der Waals surface area contributed by atoms with Crippen LogP contribution in [-0.4, -0.2) is 24.5 Å². The van der Waals surface area contributed by atoms with Crippen molar-refractivity contribution in [1.82, 2.24) is 16.0 Å². The molecule has 3 amide bonds. The topological polar surface area (TPSA) is 70.2 Å². The Bertz CT molecular complexity index is 580. The van der Waals surface area contributed by atoms with Crippen LogP contribution in [0, 0.1) is 5.92 Å². The van der Waals surface area contributed by atoms with Gasteiger partial charge in [-0.2, -0.15) is 0 Å². The molecule has 3 rings (SSSR count). The third-order valence-electron chi connectivity index (χ3n) is 5.38. The van der Waals surface area contributed by atoms with E-state index >= 15 is 0 Å². The number of amides is 3. The van der Waals surface area contributed by atoms with E-state index in [4.69, 9.17) is 0 Å². The lowest BCUT2D eigenvalue weighted by Crippen LogP contribution is -2.43. The Morgan fingerprint density at radius 3 is 2.42 bits per heavy atom. The Kier molecular flexibility index (Phi) is 6.92. The molecule has 2 saturated carbocycles.